The summed E-state index contributed by atoms with van der Waals surface area (Å²) in [5.41, 5.74) is 5.88. The normalized spacial score (nSPS) is 10.3. The first-order valence-electron chi connectivity index (χ1n) is 7.94. The lowest BCUT2D eigenvalue weighted by Crippen LogP contribution is -2.30. The Balaban J connectivity index is 1.85. The maximum atomic E-state index is 12.1. The molecule has 24 heavy (non-hydrogen) atoms. The highest BCUT2D eigenvalue weighted by Crippen LogP contribution is 2.12. The van der Waals surface area contributed by atoms with Gasteiger partial charge in [-0.05, 0) is 62.1 Å². The predicted molar refractivity (Wildman–Crippen MR) is 94.0 cm³/mol. The average molecular weight is 325 g/mol. The van der Waals surface area contributed by atoms with Crippen molar-refractivity contribution in [2.24, 2.45) is 0 Å². The molecule has 0 aliphatic carbocycles. The van der Waals surface area contributed by atoms with Gasteiger partial charge in [-0.25, -0.2) is 0 Å². The molecule has 0 radical (unpaired) electrons. The molecule has 1 N–H and O–H groups in total. The number of carbonyl (C=O) groups excluding carboxylic acids is 2. The van der Waals surface area contributed by atoms with Crippen LogP contribution in [0.5, 0.6) is 0 Å². The van der Waals surface area contributed by atoms with Gasteiger partial charge < -0.3 is 10.1 Å². The fourth-order valence-electron chi connectivity index (χ4n) is 2.30. The van der Waals surface area contributed by atoms with Crippen LogP contribution in [0.15, 0.2) is 36.4 Å². The molecule has 0 spiro atoms. The van der Waals surface area contributed by atoms with E-state index in [-0.39, 0.29) is 19.1 Å². The quantitative estimate of drug-likeness (QED) is 0.857. The van der Waals surface area contributed by atoms with E-state index >= 15 is 0 Å². The van der Waals surface area contributed by atoms with E-state index in [4.69, 9.17) is 4.74 Å². The van der Waals surface area contributed by atoms with Crippen LogP contribution in [0.25, 0.3) is 0 Å². The monoisotopic (exact) mass is 325 g/mol. The van der Waals surface area contributed by atoms with Gasteiger partial charge in [0.2, 0.25) is 0 Å². The largest absolute Gasteiger partial charge is 0.459 e. The summed E-state index contributed by atoms with van der Waals surface area (Å²) in [5, 5.41) is 2.59. The van der Waals surface area contributed by atoms with Crippen LogP contribution in [0.2, 0.25) is 0 Å². The maximum Gasteiger partial charge on any atom is 0.325 e. The first kappa shape index (κ1) is 17.7. The van der Waals surface area contributed by atoms with Crippen molar-refractivity contribution in [2.45, 2.75) is 34.3 Å². The molecule has 0 unspecified atom stereocenters. The number of rotatable bonds is 5. The third kappa shape index (κ3) is 4.69. The second-order valence-corrected chi connectivity index (χ2v) is 6.07. The highest BCUT2D eigenvalue weighted by atomic mass is 16.5. The summed E-state index contributed by atoms with van der Waals surface area (Å²) < 4.78 is 5.24. The van der Waals surface area contributed by atoms with E-state index in [0.717, 1.165) is 27.8 Å². The molecule has 0 atom stereocenters. The van der Waals surface area contributed by atoms with Crippen molar-refractivity contribution >= 4 is 11.9 Å². The Morgan fingerprint density at radius 1 is 0.917 bits per heavy atom. The molecule has 4 heteroatoms. The molecule has 126 valence electrons. The standard InChI is InChI=1S/C20H23NO3/c1-13-5-6-15(3)18(9-13)12-24-19(22)11-21-20(23)17-8-7-14(2)16(4)10-17/h5-10H,11-12H2,1-4H3,(H,21,23). The molecule has 0 aliphatic rings. The van der Waals surface area contributed by atoms with Crippen molar-refractivity contribution in [1.29, 1.82) is 0 Å². The number of nitrogens with one attached hydrogen (secondary N) is 1. The Labute approximate surface area is 142 Å². The van der Waals surface area contributed by atoms with Crippen molar-refractivity contribution < 1.29 is 14.3 Å². The van der Waals surface area contributed by atoms with Crippen molar-refractivity contribution in [3.05, 3.63) is 69.8 Å². The Kier molecular flexibility index (Phi) is 5.74. The Hall–Kier alpha value is -2.62. The van der Waals surface area contributed by atoms with E-state index in [1.54, 1.807) is 6.07 Å². The SMILES string of the molecule is Cc1ccc(C)c(COC(=O)CNC(=O)c2ccc(C)c(C)c2)c1. The van der Waals surface area contributed by atoms with Gasteiger partial charge in [0.25, 0.3) is 5.91 Å². The summed E-state index contributed by atoms with van der Waals surface area (Å²) in [6.07, 6.45) is 0. The minimum absolute atomic E-state index is 0.142. The zero-order chi connectivity index (χ0) is 17.7. The van der Waals surface area contributed by atoms with E-state index in [1.807, 2.05) is 58.0 Å². The summed E-state index contributed by atoms with van der Waals surface area (Å²) in [6.45, 7) is 7.98. The minimum atomic E-state index is -0.451. The highest BCUT2D eigenvalue weighted by molar-refractivity contribution is 5.96. The molecule has 1 amide bonds. The fourth-order valence-corrected chi connectivity index (χ4v) is 2.30. The number of ether oxygens (including phenoxy) is 1. The molecule has 2 rings (SSSR count). The predicted octanol–water partition coefficient (Wildman–Crippen LogP) is 3.39. The van der Waals surface area contributed by atoms with E-state index in [0.29, 0.717) is 5.56 Å². The van der Waals surface area contributed by atoms with Crippen LogP contribution in [-0.2, 0) is 16.1 Å². The lowest BCUT2D eigenvalue weighted by Gasteiger charge is -2.10. The smallest absolute Gasteiger partial charge is 0.325 e. The Morgan fingerprint density at radius 2 is 1.62 bits per heavy atom. The third-order valence-electron chi connectivity index (χ3n) is 4.06. The first-order chi connectivity index (χ1) is 11.4. The van der Waals surface area contributed by atoms with Crippen LogP contribution >= 0.6 is 0 Å². The highest BCUT2D eigenvalue weighted by Gasteiger charge is 2.10. The molecule has 4 nitrogen and oxygen atoms in total. The second kappa shape index (κ2) is 7.77. The van der Waals surface area contributed by atoms with E-state index in [1.165, 1.54) is 0 Å². The van der Waals surface area contributed by atoms with Crippen LogP contribution in [0, 0.1) is 27.7 Å². The summed E-state index contributed by atoms with van der Waals surface area (Å²) in [7, 11) is 0. The Bertz CT molecular complexity index is 765. The zero-order valence-electron chi connectivity index (χ0n) is 14.6. The summed E-state index contributed by atoms with van der Waals surface area (Å²) in [5.74, 6) is -0.727. The number of hydrogen-bond acceptors (Lipinski definition) is 3. The van der Waals surface area contributed by atoms with Crippen molar-refractivity contribution in [3.63, 3.8) is 0 Å². The Morgan fingerprint density at radius 3 is 2.33 bits per heavy atom. The van der Waals surface area contributed by atoms with Gasteiger partial charge in [-0.2, -0.15) is 0 Å². The molecule has 0 aliphatic heterocycles. The van der Waals surface area contributed by atoms with E-state index < -0.39 is 5.97 Å². The van der Waals surface area contributed by atoms with Crippen molar-refractivity contribution in [2.75, 3.05) is 6.54 Å². The molecule has 0 bridgehead atoms. The van der Waals surface area contributed by atoms with Crippen LogP contribution in [-0.4, -0.2) is 18.4 Å². The van der Waals surface area contributed by atoms with Gasteiger partial charge in [-0.3, -0.25) is 9.59 Å². The number of hydrogen-bond donors (Lipinski definition) is 1. The van der Waals surface area contributed by atoms with E-state index in [9.17, 15) is 9.59 Å². The molecule has 2 aromatic carbocycles. The lowest BCUT2D eigenvalue weighted by molar-refractivity contribution is -0.143. The average Bonchev–Trinajstić information content (AvgIpc) is 2.56. The number of amides is 1. The summed E-state index contributed by atoms with van der Waals surface area (Å²) in [6, 6.07) is 11.5. The van der Waals surface area contributed by atoms with Gasteiger partial charge in [-0.15, -0.1) is 0 Å². The molecular weight excluding hydrogens is 302 g/mol. The van der Waals surface area contributed by atoms with Crippen LogP contribution < -0.4 is 5.32 Å². The second-order valence-electron chi connectivity index (χ2n) is 6.07. The van der Waals surface area contributed by atoms with Crippen molar-refractivity contribution in [1.82, 2.24) is 5.32 Å². The molecule has 0 aromatic heterocycles. The number of benzene rings is 2. The molecule has 0 saturated carbocycles. The topological polar surface area (TPSA) is 55.4 Å². The van der Waals surface area contributed by atoms with E-state index in [2.05, 4.69) is 5.32 Å². The number of aryl methyl sites for hydroxylation is 4. The molecule has 0 saturated heterocycles. The fraction of sp³-hybridized carbons (Fsp3) is 0.300. The van der Waals surface area contributed by atoms with Crippen LogP contribution in [0.4, 0.5) is 0 Å². The van der Waals surface area contributed by atoms with Crippen LogP contribution in [0.1, 0.15) is 38.2 Å². The number of esters is 1. The first-order valence-corrected chi connectivity index (χ1v) is 7.94. The lowest BCUT2D eigenvalue weighted by atomic mass is 10.1. The van der Waals surface area contributed by atoms with Gasteiger partial charge >= 0.3 is 5.97 Å². The summed E-state index contributed by atoms with van der Waals surface area (Å²) >= 11 is 0. The van der Waals surface area contributed by atoms with Gasteiger partial charge in [0.05, 0.1) is 0 Å². The summed E-state index contributed by atoms with van der Waals surface area (Å²) in [4.78, 5) is 23.9. The maximum absolute atomic E-state index is 12.1. The molecule has 2 aromatic rings. The zero-order valence-corrected chi connectivity index (χ0v) is 14.6. The van der Waals surface area contributed by atoms with Gasteiger partial charge in [0.1, 0.15) is 13.2 Å². The van der Waals surface area contributed by atoms with Gasteiger partial charge in [0, 0.05) is 5.56 Å². The van der Waals surface area contributed by atoms with Crippen molar-refractivity contribution in [3.8, 4) is 0 Å². The van der Waals surface area contributed by atoms with Gasteiger partial charge in [-0.1, -0.05) is 29.8 Å². The van der Waals surface area contributed by atoms with Gasteiger partial charge in [0.15, 0.2) is 0 Å². The third-order valence-corrected chi connectivity index (χ3v) is 4.06. The minimum Gasteiger partial charge on any atom is -0.459 e. The van der Waals surface area contributed by atoms with Crippen LogP contribution in [0.3, 0.4) is 0 Å². The molecular formula is C20H23NO3. The molecule has 0 heterocycles. The molecule has 0 fully saturated rings. The number of carbonyl (C=O) groups is 2.